The summed E-state index contributed by atoms with van der Waals surface area (Å²) in [5, 5.41) is 0. The standard InChI is InChI=1S/C11H19NSi/c1-10-8-6-7-9-11(10)12(2)13(3,4)5/h6-9H,1-5H3. The predicted molar refractivity (Wildman–Crippen MR) is 62.9 cm³/mol. The minimum Gasteiger partial charge on any atom is -0.400 e. The normalized spacial score (nSPS) is 11.5. The summed E-state index contributed by atoms with van der Waals surface area (Å²) in [6.07, 6.45) is 0. The van der Waals surface area contributed by atoms with E-state index in [9.17, 15) is 0 Å². The molecule has 0 radical (unpaired) electrons. The largest absolute Gasteiger partial charge is 0.400 e. The van der Waals surface area contributed by atoms with Crippen molar-refractivity contribution in [1.82, 2.24) is 0 Å². The Kier molecular flexibility index (Phi) is 2.81. The van der Waals surface area contributed by atoms with Crippen molar-refractivity contribution in [2.24, 2.45) is 0 Å². The van der Waals surface area contributed by atoms with E-state index in [-0.39, 0.29) is 0 Å². The van der Waals surface area contributed by atoms with Crippen LogP contribution in [0.5, 0.6) is 0 Å². The first-order chi connectivity index (χ1) is 5.93. The molecule has 0 unspecified atom stereocenters. The number of anilines is 1. The van der Waals surface area contributed by atoms with Crippen LogP contribution >= 0.6 is 0 Å². The Labute approximate surface area is 82.5 Å². The van der Waals surface area contributed by atoms with Crippen molar-refractivity contribution in [3.8, 4) is 0 Å². The van der Waals surface area contributed by atoms with Gasteiger partial charge in [-0.15, -0.1) is 0 Å². The Morgan fingerprint density at radius 1 is 1.08 bits per heavy atom. The van der Waals surface area contributed by atoms with Crippen LogP contribution in [-0.4, -0.2) is 15.3 Å². The highest BCUT2D eigenvalue weighted by Gasteiger charge is 2.21. The molecule has 0 aliphatic heterocycles. The number of nitrogens with zero attached hydrogens (tertiary/aromatic N) is 1. The van der Waals surface area contributed by atoms with Crippen LogP contribution in [0.2, 0.25) is 19.6 Å². The third-order valence-electron chi connectivity index (χ3n) is 2.48. The second-order valence-electron chi connectivity index (χ2n) is 4.52. The molecule has 1 aromatic carbocycles. The molecular formula is C11H19NSi. The molecule has 0 fully saturated rings. The number of hydrogen-bond acceptors (Lipinski definition) is 1. The van der Waals surface area contributed by atoms with Crippen LogP contribution in [0.4, 0.5) is 5.69 Å². The van der Waals surface area contributed by atoms with Gasteiger partial charge in [0.25, 0.3) is 0 Å². The third-order valence-corrected chi connectivity index (χ3v) is 4.74. The van der Waals surface area contributed by atoms with E-state index >= 15 is 0 Å². The molecule has 0 aliphatic rings. The Balaban J connectivity index is 3.02. The van der Waals surface area contributed by atoms with Gasteiger partial charge in [-0.1, -0.05) is 37.8 Å². The number of benzene rings is 1. The molecule has 0 heterocycles. The molecule has 72 valence electrons. The second-order valence-corrected chi connectivity index (χ2v) is 9.53. The lowest BCUT2D eigenvalue weighted by Gasteiger charge is -2.33. The van der Waals surface area contributed by atoms with Gasteiger partial charge in [0.15, 0.2) is 0 Å². The van der Waals surface area contributed by atoms with Crippen molar-refractivity contribution in [3.05, 3.63) is 29.8 Å². The van der Waals surface area contributed by atoms with E-state index in [4.69, 9.17) is 0 Å². The highest BCUT2D eigenvalue weighted by molar-refractivity contribution is 6.79. The lowest BCUT2D eigenvalue weighted by Crippen LogP contribution is -2.43. The van der Waals surface area contributed by atoms with Crippen molar-refractivity contribution in [1.29, 1.82) is 0 Å². The summed E-state index contributed by atoms with van der Waals surface area (Å²) in [6, 6.07) is 8.58. The summed E-state index contributed by atoms with van der Waals surface area (Å²) in [4.78, 5) is 0. The van der Waals surface area contributed by atoms with Gasteiger partial charge >= 0.3 is 0 Å². The van der Waals surface area contributed by atoms with Crippen LogP contribution in [0, 0.1) is 6.92 Å². The fraction of sp³-hybridized carbons (Fsp3) is 0.455. The minimum absolute atomic E-state index is 1.20. The Bertz CT molecular complexity index is 288. The van der Waals surface area contributed by atoms with Crippen LogP contribution in [0.3, 0.4) is 0 Å². The monoisotopic (exact) mass is 193 g/mol. The van der Waals surface area contributed by atoms with E-state index < -0.39 is 8.24 Å². The van der Waals surface area contributed by atoms with Gasteiger partial charge in [0.2, 0.25) is 0 Å². The zero-order chi connectivity index (χ0) is 10.1. The molecule has 0 aromatic heterocycles. The molecule has 1 rings (SSSR count). The van der Waals surface area contributed by atoms with Gasteiger partial charge in [-0.05, 0) is 25.6 Å². The first-order valence-corrected chi connectivity index (χ1v) is 8.17. The predicted octanol–water partition coefficient (Wildman–Crippen LogP) is 3.27. The molecule has 0 saturated carbocycles. The van der Waals surface area contributed by atoms with Crippen molar-refractivity contribution >= 4 is 13.9 Å². The van der Waals surface area contributed by atoms with E-state index in [0.717, 1.165) is 0 Å². The lowest BCUT2D eigenvalue weighted by molar-refractivity contribution is 1.22. The van der Waals surface area contributed by atoms with Crippen molar-refractivity contribution in [3.63, 3.8) is 0 Å². The minimum atomic E-state index is -1.20. The van der Waals surface area contributed by atoms with E-state index in [1.807, 2.05) is 0 Å². The molecule has 1 nitrogen and oxygen atoms in total. The lowest BCUT2D eigenvalue weighted by atomic mass is 10.2. The maximum Gasteiger partial charge on any atom is 0.147 e. The SMILES string of the molecule is Cc1ccccc1N(C)[Si](C)(C)C. The third kappa shape index (κ3) is 2.34. The molecule has 0 N–H and O–H groups in total. The zero-order valence-corrected chi connectivity index (χ0v) is 10.3. The van der Waals surface area contributed by atoms with Gasteiger partial charge in [0.05, 0.1) is 0 Å². The molecule has 0 atom stereocenters. The molecular weight excluding hydrogens is 174 g/mol. The molecule has 0 saturated heterocycles. The van der Waals surface area contributed by atoms with Crippen LogP contribution in [0.25, 0.3) is 0 Å². The average Bonchev–Trinajstić information content (AvgIpc) is 2.02. The number of rotatable bonds is 2. The fourth-order valence-corrected chi connectivity index (χ4v) is 2.27. The van der Waals surface area contributed by atoms with E-state index in [0.29, 0.717) is 0 Å². The first-order valence-electron chi connectivity index (χ1n) is 4.72. The zero-order valence-electron chi connectivity index (χ0n) is 9.26. The molecule has 0 bridgehead atoms. The molecule has 13 heavy (non-hydrogen) atoms. The van der Waals surface area contributed by atoms with Crippen molar-refractivity contribution in [2.45, 2.75) is 26.6 Å². The highest BCUT2D eigenvalue weighted by Crippen LogP contribution is 2.22. The van der Waals surface area contributed by atoms with Crippen LogP contribution in [0.1, 0.15) is 5.56 Å². The molecule has 0 amide bonds. The van der Waals surface area contributed by atoms with Crippen molar-refractivity contribution in [2.75, 3.05) is 11.6 Å². The van der Waals surface area contributed by atoms with Crippen LogP contribution in [0.15, 0.2) is 24.3 Å². The molecule has 1 aromatic rings. The maximum atomic E-state index is 2.45. The quantitative estimate of drug-likeness (QED) is 0.652. The Morgan fingerprint density at radius 2 is 1.62 bits per heavy atom. The maximum absolute atomic E-state index is 2.45. The van der Waals surface area contributed by atoms with E-state index in [1.54, 1.807) is 0 Å². The van der Waals surface area contributed by atoms with Gasteiger partial charge in [-0.2, -0.15) is 0 Å². The summed E-state index contributed by atoms with van der Waals surface area (Å²) in [5.41, 5.74) is 2.74. The first kappa shape index (κ1) is 10.3. The van der Waals surface area contributed by atoms with Gasteiger partial charge in [-0.25, -0.2) is 0 Å². The van der Waals surface area contributed by atoms with Gasteiger partial charge in [0.1, 0.15) is 8.24 Å². The van der Waals surface area contributed by atoms with E-state index in [1.165, 1.54) is 11.3 Å². The number of para-hydroxylation sites is 1. The second kappa shape index (κ2) is 3.54. The summed E-state index contributed by atoms with van der Waals surface area (Å²) in [6.45, 7) is 9.25. The topological polar surface area (TPSA) is 3.24 Å². The van der Waals surface area contributed by atoms with Gasteiger partial charge in [0, 0.05) is 5.69 Å². The molecule has 0 spiro atoms. The fourth-order valence-electron chi connectivity index (χ4n) is 1.30. The van der Waals surface area contributed by atoms with Crippen LogP contribution < -0.4 is 4.57 Å². The smallest absolute Gasteiger partial charge is 0.147 e. The summed E-state index contributed by atoms with van der Waals surface area (Å²) < 4.78 is 2.45. The van der Waals surface area contributed by atoms with E-state index in [2.05, 4.69) is 62.4 Å². The van der Waals surface area contributed by atoms with Crippen LogP contribution in [-0.2, 0) is 0 Å². The number of hydrogen-bond donors (Lipinski definition) is 0. The molecule has 2 heteroatoms. The Hall–Kier alpha value is -0.763. The molecule has 0 aliphatic carbocycles. The summed E-state index contributed by atoms with van der Waals surface area (Å²) >= 11 is 0. The van der Waals surface area contributed by atoms with Gasteiger partial charge < -0.3 is 4.57 Å². The Morgan fingerprint density at radius 3 is 2.08 bits per heavy atom. The van der Waals surface area contributed by atoms with Gasteiger partial charge in [-0.3, -0.25) is 0 Å². The summed E-state index contributed by atoms with van der Waals surface area (Å²) in [7, 11) is 1.00. The van der Waals surface area contributed by atoms with Crippen molar-refractivity contribution < 1.29 is 0 Å². The summed E-state index contributed by atoms with van der Waals surface area (Å²) in [5.74, 6) is 0. The average molecular weight is 193 g/mol. The highest BCUT2D eigenvalue weighted by atomic mass is 28.3. The number of aryl methyl sites for hydroxylation is 1.